The molecule has 1 aliphatic rings. The van der Waals surface area contributed by atoms with Gasteiger partial charge < -0.3 is 15.2 Å². The molecule has 1 fully saturated rings. The first-order valence-electron chi connectivity index (χ1n) is 8.79. The third-order valence-corrected chi connectivity index (χ3v) is 4.44. The lowest BCUT2D eigenvalue weighted by Gasteiger charge is -2.28. The zero-order valence-corrected chi connectivity index (χ0v) is 14.9. The summed E-state index contributed by atoms with van der Waals surface area (Å²) in [7, 11) is 1.77. The van der Waals surface area contributed by atoms with E-state index in [4.69, 9.17) is 4.52 Å². The molecule has 1 aromatic heterocycles. The van der Waals surface area contributed by atoms with Crippen LogP contribution in [0.3, 0.4) is 0 Å². The fraction of sp³-hybridized carbons (Fsp3) is 0.500. The van der Waals surface area contributed by atoms with Crippen LogP contribution in [-0.4, -0.2) is 47.7 Å². The first-order chi connectivity index (χ1) is 12.3. The largest absolute Gasteiger partial charge is 0.354 e. The molecule has 1 aromatic carbocycles. The predicted octanol–water partition coefficient (Wildman–Crippen LogP) is 1.88. The van der Waals surface area contributed by atoms with Gasteiger partial charge in [0, 0.05) is 20.5 Å². The van der Waals surface area contributed by atoms with Crippen molar-refractivity contribution in [2.24, 2.45) is 4.99 Å². The molecule has 3 rings (SSSR count). The third-order valence-electron chi connectivity index (χ3n) is 4.44. The minimum atomic E-state index is 0.342. The Morgan fingerprint density at radius 2 is 2.00 bits per heavy atom. The van der Waals surface area contributed by atoms with Crippen molar-refractivity contribution in [3.8, 4) is 0 Å². The lowest BCUT2D eigenvalue weighted by Crippen LogP contribution is -2.42. The summed E-state index contributed by atoms with van der Waals surface area (Å²) in [5.74, 6) is 1.93. The fourth-order valence-corrected chi connectivity index (χ4v) is 3.18. The van der Waals surface area contributed by atoms with Gasteiger partial charge in [-0.3, -0.25) is 9.89 Å². The highest BCUT2D eigenvalue weighted by molar-refractivity contribution is 5.79. The Bertz CT molecular complexity index is 678. The number of guanidine groups is 1. The monoisotopic (exact) mass is 342 g/mol. The highest BCUT2D eigenvalue weighted by atomic mass is 16.5. The molecule has 0 saturated carbocycles. The van der Waals surface area contributed by atoms with Crippen molar-refractivity contribution in [1.82, 2.24) is 25.7 Å². The van der Waals surface area contributed by atoms with E-state index in [0.717, 1.165) is 25.6 Å². The second-order valence-corrected chi connectivity index (χ2v) is 6.21. The van der Waals surface area contributed by atoms with Crippen LogP contribution in [0, 0.1) is 6.92 Å². The lowest BCUT2D eigenvalue weighted by atomic mass is 10.1. The van der Waals surface area contributed by atoms with Crippen molar-refractivity contribution in [3.05, 3.63) is 47.6 Å². The average molecular weight is 342 g/mol. The molecule has 7 nitrogen and oxygen atoms in total. The lowest BCUT2D eigenvalue weighted by molar-refractivity contribution is 0.245. The average Bonchev–Trinajstić information content (AvgIpc) is 3.31. The van der Waals surface area contributed by atoms with Gasteiger partial charge in [0.2, 0.25) is 5.89 Å². The van der Waals surface area contributed by atoms with Crippen LogP contribution < -0.4 is 10.6 Å². The van der Waals surface area contributed by atoms with Crippen LogP contribution in [0.15, 0.2) is 39.8 Å². The van der Waals surface area contributed by atoms with Crippen molar-refractivity contribution in [2.75, 3.05) is 26.7 Å². The van der Waals surface area contributed by atoms with Gasteiger partial charge in [-0.2, -0.15) is 4.98 Å². The molecule has 1 aliphatic heterocycles. The van der Waals surface area contributed by atoms with E-state index in [0.29, 0.717) is 24.3 Å². The maximum Gasteiger partial charge on any atom is 0.223 e. The fourth-order valence-electron chi connectivity index (χ4n) is 3.18. The van der Waals surface area contributed by atoms with E-state index < -0.39 is 0 Å². The van der Waals surface area contributed by atoms with Gasteiger partial charge in [-0.25, -0.2) is 0 Å². The van der Waals surface area contributed by atoms with Gasteiger partial charge in [0.25, 0.3) is 0 Å². The predicted molar refractivity (Wildman–Crippen MR) is 97.2 cm³/mol. The summed E-state index contributed by atoms with van der Waals surface area (Å²) < 4.78 is 4.99. The van der Waals surface area contributed by atoms with Crippen molar-refractivity contribution >= 4 is 5.96 Å². The van der Waals surface area contributed by atoms with E-state index in [1.807, 2.05) is 0 Å². The van der Waals surface area contributed by atoms with Crippen molar-refractivity contribution in [1.29, 1.82) is 0 Å². The number of nitrogens with one attached hydrogen (secondary N) is 2. The maximum atomic E-state index is 4.99. The number of hydrogen-bond acceptors (Lipinski definition) is 5. The number of benzene rings is 1. The van der Waals surface area contributed by atoms with Crippen molar-refractivity contribution in [3.63, 3.8) is 0 Å². The molecule has 0 spiro atoms. The van der Waals surface area contributed by atoms with Crippen LogP contribution in [0.5, 0.6) is 0 Å². The molecule has 1 unspecified atom stereocenters. The Labute approximate surface area is 148 Å². The standard InChI is InChI=1S/C18H26N6O/c1-14-22-17(23-25-14)13-21-18(19-2)20-12-16(24-10-6-7-11-24)15-8-4-3-5-9-15/h3-5,8-9,16H,6-7,10-13H2,1-2H3,(H2,19,20,21). The number of likely N-dealkylation sites (tertiary alicyclic amines) is 1. The molecular formula is C18H26N6O. The summed E-state index contributed by atoms with van der Waals surface area (Å²) >= 11 is 0. The Morgan fingerprint density at radius 1 is 1.24 bits per heavy atom. The first-order valence-corrected chi connectivity index (χ1v) is 8.79. The zero-order chi connectivity index (χ0) is 17.5. The van der Waals surface area contributed by atoms with Gasteiger partial charge in [-0.05, 0) is 31.5 Å². The van der Waals surface area contributed by atoms with E-state index in [-0.39, 0.29) is 0 Å². The number of aliphatic imine (C=N–C) groups is 1. The normalized spacial score (nSPS) is 16.8. The number of aromatic nitrogens is 2. The van der Waals surface area contributed by atoms with E-state index in [9.17, 15) is 0 Å². The van der Waals surface area contributed by atoms with Gasteiger partial charge in [-0.15, -0.1) is 0 Å². The van der Waals surface area contributed by atoms with E-state index in [1.165, 1.54) is 18.4 Å². The summed E-state index contributed by atoms with van der Waals surface area (Å²) in [4.78, 5) is 11.0. The Morgan fingerprint density at radius 3 is 2.64 bits per heavy atom. The third kappa shape index (κ3) is 4.79. The van der Waals surface area contributed by atoms with Crippen LogP contribution in [-0.2, 0) is 6.54 Å². The summed E-state index contributed by atoms with van der Waals surface area (Å²) in [5.41, 5.74) is 1.33. The Kier molecular flexibility index (Phi) is 6.00. The SMILES string of the molecule is CN=C(NCc1noc(C)n1)NCC(c1ccccc1)N1CCCC1. The van der Waals surface area contributed by atoms with Crippen LogP contribution in [0.25, 0.3) is 0 Å². The minimum Gasteiger partial charge on any atom is -0.354 e. The smallest absolute Gasteiger partial charge is 0.223 e. The van der Waals surface area contributed by atoms with E-state index >= 15 is 0 Å². The quantitative estimate of drug-likeness (QED) is 0.616. The van der Waals surface area contributed by atoms with E-state index in [1.54, 1.807) is 14.0 Å². The van der Waals surface area contributed by atoms with Crippen LogP contribution in [0.1, 0.15) is 36.2 Å². The van der Waals surface area contributed by atoms with Crippen molar-refractivity contribution in [2.45, 2.75) is 32.4 Å². The van der Waals surface area contributed by atoms with E-state index in [2.05, 4.69) is 61.0 Å². The minimum absolute atomic E-state index is 0.342. The van der Waals surface area contributed by atoms with Crippen LogP contribution in [0.4, 0.5) is 0 Å². The summed E-state index contributed by atoms with van der Waals surface area (Å²) in [6, 6.07) is 11.0. The zero-order valence-electron chi connectivity index (χ0n) is 14.9. The molecule has 0 aliphatic carbocycles. The Balaban J connectivity index is 1.59. The highest BCUT2D eigenvalue weighted by Gasteiger charge is 2.23. The van der Waals surface area contributed by atoms with Gasteiger partial charge >= 0.3 is 0 Å². The topological polar surface area (TPSA) is 78.6 Å². The molecule has 134 valence electrons. The van der Waals surface area contributed by atoms with Gasteiger partial charge in [0.1, 0.15) is 0 Å². The second kappa shape index (κ2) is 8.62. The number of hydrogen-bond donors (Lipinski definition) is 2. The second-order valence-electron chi connectivity index (χ2n) is 6.21. The molecular weight excluding hydrogens is 316 g/mol. The number of nitrogens with zero attached hydrogens (tertiary/aromatic N) is 4. The molecule has 2 aromatic rings. The summed E-state index contributed by atoms with van der Waals surface area (Å²) in [6.07, 6.45) is 2.54. The number of aryl methyl sites for hydroxylation is 1. The van der Waals surface area contributed by atoms with Crippen LogP contribution >= 0.6 is 0 Å². The highest BCUT2D eigenvalue weighted by Crippen LogP contribution is 2.24. The molecule has 1 saturated heterocycles. The van der Waals surface area contributed by atoms with Crippen LogP contribution in [0.2, 0.25) is 0 Å². The molecule has 2 N–H and O–H groups in total. The van der Waals surface area contributed by atoms with Gasteiger partial charge in [-0.1, -0.05) is 35.5 Å². The molecule has 0 radical (unpaired) electrons. The van der Waals surface area contributed by atoms with Crippen molar-refractivity contribution < 1.29 is 4.52 Å². The first kappa shape index (κ1) is 17.4. The summed E-state index contributed by atoms with van der Waals surface area (Å²) in [5, 5.41) is 10.6. The Hall–Kier alpha value is -2.41. The molecule has 2 heterocycles. The maximum absolute atomic E-state index is 4.99. The molecule has 1 atom stereocenters. The van der Waals surface area contributed by atoms with Gasteiger partial charge in [0.05, 0.1) is 12.6 Å². The molecule has 7 heteroatoms. The molecule has 0 amide bonds. The molecule has 25 heavy (non-hydrogen) atoms. The number of rotatable bonds is 6. The summed E-state index contributed by atoms with van der Waals surface area (Å²) in [6.45, 7) is 5.36. The molecule has 0 bridgehead atoms. The van der Waals surface area contributed by atoms with Gasteiger partial charge in [0.15, 0.2) is 11.8 Å².